The van der Waals surface area contributed by atoms with Crippen LogP contribution in [0.3, 0.4) is 0 Å². The number of hydrogen-bond acceptors (Lipinski definition) is 9. The van der Waals surface area contributed by atoms with E-state index in [1.807, 2.05) is 30.5 Å². The topological polar surface area (TPSA) is 178 Å². The maximum absolute atomic E-state index is 14.9. The van der Waals surface area contributed by atoms with Gasteiger partial charge >= 0.3 is 0 Å². The summed E-state index contributed by atoms with van der Waals surface area (Å²) < 4.78 is 5.53. The number of allylic oxidation sites excluding steroid dienone is 2. The van der Waals surface area contributed by atoms with E-state index >= 15 is 0 Å². The molecule has 10 nitrogen and oxygen atoms in total. The summed E-state index contributed by atoms with van der Waals surface area (Å²) in [5.41, 5.74) is 12.3. The summed E-state index contributed by atoms with van der Waals surface area (Å²) in [5, 5.41) is 47.0. The van der Waals surface area contributed by atoms with Gasteiger partial charge in [-0.1, -0.05) is 81.4 Å². The minimum Gasteiger partial charge on any atom is -0.504 e. The Morgan fingerprint density at radius 2 is 1.71 bits per heavy atom. The maximum Gasteiger partial charge on any atom is 0.160 e. The number of nitrogens with two attached hydrogens (primary N) is 1. The molecule has 7 rings (SSSR count). The highest BCUT2D eigenvalue weighted by molar-refractivity contribution is 6.00. The lowest BCUT2D eigenvalue weighted by Crippen LogP contribution is -2.37. The Morgan fingerprint density at radius 3 is 2.42 bits per heavy atom. The summed E-state index contributed by atoms with van der Waals surface area (Å²) in [5.74, 6) is 7.28. The van der Waals surface area contributed by atoms with Crippen molar-refractivity contribution in [3.8, 4) is 23.3 Å². The number of ketones is 2. The number of rotatable bonds is 15. The number of aliphatic hydroxyl groups is 3. The largest absolute Gasteiger partial charge is 0.504 e. The number of aromatic amines is 1. The van der Waals surface area contributed by atoms with Crippen molar-refractivity contribution >= 4 is 11.6 Å². The van der Waals surface area contributed by atoms with Crippen LogP contribution in [-0.2, 0) is 22.4 Å². The predicted molar refractivity (Wildman–Crippen MR) is 255 cm³/mol. The molecule has 2 fully saturated rings. The Bertz CT molecular complexity index is 2230. The van der Waals surface area contributed by atoms with Crippen LogP contribution < -0.4 is 15.8 Å². The van der Waals surface area contributed by atoms with Crippen molar-refractivity contribution in [2.45, 2.75) is 147 Å². The van der Waals surface area contributed by atoms with Gasteiger partial charge in [0.05, 0.1) is 43.6 Å². The third-order valence-electron chi connectivity index (χ3n) is 15.7. The number of carbonyl (C=O) groups excluding carboxylic acids is 2. The van der Waals surface area contributed by atoms with Crippen LogP contribution in [-0.4, -0.2) is 68.9 Å². The number of aromatic nitrogens is 1. The van der Waals surface area contributed by atoms with Crippen LogP contribution >= 0.6 is 0 Å². The standard InChI is InChI=1S/C55H73N3O7/c1-5-11-46(50(62)30-43-26-40(33-58-43)34(2)14-19-49(61)35(3)59)39-25-42(55(21-9-10-22-55)41-20-23-57-54(56)29-41)24-37-16-18-45(36-12-7-6-8-13-36)47-32-52(64)53(65-4)28-38(47)15-17-44(60)31-51(63)48(37)27-39/h6-8,12-13,20,26,28-29,32-35,37,39,42,45-46,48-50,57-59,61-62,64H,5,9-11,14-15,17,19,21-25,27,30-31,56H2,1-4H3/t34-,35+,37-,39+,42-,45-,46+,48-,49+,50-/m1/s1. The number of dihydropyridines is 1. The highest BCUT2D eigenvalue weighted by Crippen LogP contribution is 2.57. The lowest BCUT2D eigenvalue weighted by Gasteiger charge is -2.43. The van der Waals surface area contributed by atoms with Crippen molar-refractivity contribution in [3.05, 3.63) is 106 Å². The van der Waals surface area contributed by atoms with Crippen LogP contribution in [0.4, 0.5) is 0 Å². The molecule has 3 aromatic rings. The zero-order valence-corrected chi connectivity index (χ0v) is 39.0. The molecule has 4 aliphatic rings. The molecule has 1 aromatic heterocycles. The van der Waals surface area contributed by atoms with Gasteiger partial charge in [-0.15, -0.1) is 0 Å². The second-order valence-corrected chi connectivity index (χ2v) is 19.9. The molecular formula is C55H73N3O7. The molecule has 350 valence electrons. The first-order chi connectivity index (χ1) is 31.3. The molecule has 0 unspecified atom stereocenters. The van der Waals surface area contributed by atoms with Gasteiger partial charge in [0.1, 0.15) is 11.6 Å². The molecule has 8 N–H and O–H groups in total. The van der Waals surface area contributed by atoms with Crippen LogP contribution in [0.15, 0.2) is 78.3 Å². The van der Waals surface area contributed by atoms with Gasteiger partial charge in [0.2, 0.25) is 0 Å². The quantitative estimate of drug-likeness (QED) is 0.0582. The second kappa shape index (κ2) is 21.7. The number of ether oxygens (including phenoxy) is 1. The average molecular weight is 888 g/mol. The molecule has 0 amide bonds. The van der Waals surface area contributed by atoms with E-state index < -0.39 is 30.1 Å². The number of aryl methyl sites for hydroxylation is 1. The van der Waals surface area contributed by atoms with E-state index in [9.17, 15) is 30.0 Å². The summed E-state index contributed by atoms with van der Waals surface area (Å²) in [6.45, 7) is 6.55. The number of aliphatic hydroxyl groups excluding tert-OH is 3. The third kappa shape index (κ3) is 11.2. The first-order valence-electron chi connectivity index (χ1n) is 24.4. The SMILES string of the molecule is CCC[C@@H]([C@H]1C[C@H](C2(C3=CCNC(N)=C3)CCCC2)C[C@H]2C#C[C@H](c3ccccc3)c3cc(O)c(OC)cc3CCC(=O)CC(=O)[C@@H]2C1)[C@H](O)Cc1cc([C@H](C)CC[C@H](O)[C@H](C)O)c[nH]1. The summed E-state index contributed by atoms with van der Waals surface area (Å²) in [6, 6.07) is 15.7. The molecule has 10 heteroatoms. The Labute approximate surface area is 386 Å². The molecule has 0 bridgehead atoms. The fourth-order valence-electron chi connectivity index (χ4n) is 12.0. The van der Waals surface area contributed by atoms with E-state index in [4.69, 9.17) is 10.5 Å². The summed E-state index contributed by atoms with van der Waals surface area (Å²) in [7, 11) is 1.52. The number of aromatic hydroxyl groups is 1. The van der Waals surface area contributed by atoms with Gasteiger partial charge in [0.15, 0.2) is 11.5 Å². The summed E-state index contributed by atoms with van der Waals surface area (Å²) in [4.78, 5) is 32.3. The fourth-order valence-corrected chi connectivity index (χ4v) is 12.0. The van der Waals surface area contributed by atoms with Crippen LogP contribution in [0.5, 0.6) is 11.5 Å². The molecule has 0 radical (unpaired) electrons. The number of benzene rings is 2. The molecular weight excluding hydrogens is 815 g/mol. The van der Waals surface area contributed by atoms with E-state index in [0.29, 0.717) is 50.2 Å². The summed E-state index contributed by atoms with van der Waals surface area (Å²) in [6.07, 6.45) is 14.2. The van der Waals surface area contributed by atoms with Crippen molar-refractivity contribution < 1.29 is 34.8 Å². The van der Waals surface area contributed by atoms with E-state index in [1.54, 1.807) is 13.0 Å². The minimum absolute atomic E-state index is 0.00908. The lowest BCUT2D eigenvalue weighted by atomic mass is 9.62. The lowest BCUT2D eigenvalue weighted by molar-refractivity contribution is -0.130. The number of fused-ring (bicyclic) bond motifs is 2. The van der Waals surface area contributed by atoms with Gasteiger partial charge in [-0.25, -0.2) is 0 Å². The normalized spacial score (nSPS) is 25.9. The Morgan fingerprint density at radius 1 is 0.938 bits per heavy atom. The molecule has 2 aromatic carbocycles. The molecule has 65 heavy (non-hydrogen) atoms. The Hall–Kier alpha value is -4.82. The predicted octanol–water partition coefficient (Wildman–Crippen LogP) is 8.52. The highest BCUT2D eigenvalue weighted by atomic mass is 16.5. The van der Waals surface area contributed by atoms with Gasteiger partial charge in [-0.05, 0) is 146 Å². The van der Waals surface area contributed by atoms with Gasteiger partial charge in [0.25, 0.3) is 0 Å². The molecule has 10 atom stereocenters. The number of hydrogen-bond donors (Lipinski definition) is 7. The smallest absolute Gasteiger partial charge is 0.160 e. The van der Waals surface area contributed by atoms with Crippen molar-refractivity contribution in [2.24, 2.45) is 40.7 Å². The first-order valence-corrected chi connectivity index (χ1v) is 24.4. The van der Waals surface area contributed by atoms with E-state index in [0.717, 1.165) is 79.3 Å². The zero-order valence-electron chi connectivity index (χ0n) is 39.0. The number of H-pyrrole nitrogens is 1. The van der Waals surface area contributed by atoms with Gasteiger partial charge in [-0.2, -0.15) is 0 Å². The molecule has 3 aliphatic carbocycles. The number of phenols is 1. The van der Waals surface area contributed by atoms with Gasteiger partial charge in [-0.3, -0.25) is 9.59 Å². The molecule has 2 heterocycles. The summed E-state index contributed by atoms with van der Waals surface area (Å²) >= 11 is 0. The monoisotopic (exact) mass is 888 g/mol. The zero-order chi connectivity index (χ0) is 46.3. The number of carbonyl (C=O) groups is 2. The third-order valence-corrected chi connectivity index (χ3v) is 15.7. The molecule has 0 spiro atoms. The Balaban J connectivity index is 1.30. The molecule has 0 saturated heterocycles. The van der Waals surface area contributed by atoms with Crippen LogP contribution in [0.1, 0.15) is 144 Å². The van der Waals surface area contributed by atoms with Crippen molar-refractivity contribution in [1.82, 2.24) is 10.3 Å². The number of nitrogens with one attached hydrogen (secondary N) is 2. The van der Waals surface area contributed by atoms with Crippen LogP contribution in [0, 0.1) is 46.8 Å². The van der Waals surface area contributed by atoms with Crippen molar-refractivity contribution in [2.75, 3.05) is 13.7 Å². The van der Waals surface area contributed by atoms with Gasteiger partial charge in [0, 0.05) is 43.1 Å². The van der Waals surface area contributed by atoms with Crippen LogP contribution in [0.2, 0.25) is 0 Å². The first kappa shape index (κ1) is 48.1. The van der Waals surface area contributed by atoms with E-state index in [-0.39, 0.29) is 65.2 Å². The number of Topliss-reactive ketones (excluding diaryl/α,β-unsaturated/α-hetero) is 2. The number of phenolic OH excluding ortho intramolecular Hbond substituents is 1. The van der Waals surface area contributed by atoms with E-state index in [2.05, 4.69) is 66.3 Å². The fraction of sp³-hybridized carbons (Fsp3) is 0.564. The van der Waals surface area contributed by atoms with E-state index in [1.165, 1.54) is 12.7 Å². The average Bonchev–Trinajstić information content (AvgIpc) is 3.95. The second-order valence-electron chi connectivity index (χ2n) is 19.9. The number of methoxy groups -OCH3 is 1. The molecule has 1 aliphatic heterocycles. The van der Waals surface area contributed by atoms with Crippen LogP contribution in [0.25, 0.3) is 0 Å². The highest BCUT2D eigenvalue weighted by Gasteiger charge is 2.50. The van der Waals surface area contributed by atoms with Gasteiger partial charge < -0.3 is 41.2 Å². The minimum atomic E-state index is -0.777. The molecule has 2 saturated carbocycles. The van der Waals surface area contributed by atoms with Crippen molar-refractivity contribution in [1.29, 1.82) is 0 Å². The van der Waals surface area contributed by atoms with Crippen molar-refractivity contribution in [3.63, 3.8) is 0 Å². The maximum atomic E-state index is 14.9. The Kier molecular flexibility index (Phi) is 16.0.